The molecule has 2 aromatic rings. The quantitative estimate of drug-likeness (QED) is 0.394. The second-order valence-electron chi connectivity index (χ2n) is 4.76. The summed E-state index contributed by atoms with van der Waals surface area (Å²) in [7, 11) is -4.43. The van der Waals surface area contributed by atoms with Gasteiger partial charge in [0.25, 0.3) is 0 Å². The van der Waals surface area contributed by atoms with Gasteiger partial charge in [-0.05, 0) is 31.5 Å². The van der Waals surface area contributed by atoms with Crippen molar-refractivity contribution in [2.45, 2.75) is 19.9 Å². The Bertz CT molecular complexity index is 659. The average molecular weight is 308 g/mol. The number of anilines is 1. The van der Waals surface area contributed by atoms with E-state index in [9.17, 15) is 14.4 Å². The van der Waals surface area contributed by atoms with Crippen LogP contribution >= 0.6 is 7.60 Å². The first-order valence-electron chi connectivity index (χ1n) is 6.36. The monoisotopic (exact) mass is 308 g/mol. The van der Waals surface area contributed by atoms with Crippen molar-refractivity contribution in [2.24, 2.45) is 4.99 Å². The van der Waals surface area contributed by atoms with Crippen LogP contribution in [0.5, 0.6) is 0 Å². The maximum atomic E-state index is 11.4. The van der Waals surface area contributed by atoms with Crippen LogP contribution < -0.4 is 5.32 Å². The summed E-state index contributed by atoms with van der Waals surface area (Å²) in [5.41, 5.74) is 2.02. The summed E-state index contributed by atoms with van der Waals surface area (Å²) in [6.07, 6.45) is 3.28. The Balaban J connectivity index is 2.21. The summed E-state index contributed by atoms with van der Waals surface area (Å²) >= 11 is 0. The second kappa shape index (κ2) is 6.22. The minimum absolute atomic E-state index is 0.218. The molecular formula is C13H17N4O3P. The van der Waals surface area contributed by atoms with Gasteiger partial charge in [-0.3, -0.25) is 9.56 Å². The Morgan fingerprint density at radius 3 is 2.48 bits per heavy atom. The zero-order chi connectivity index (χ0) is 15.5. The van der Waals surface area contributed by atoms with E-state index in [1.807, 2.05) is 12.1 Å². The third kappa shape index (κ3) is 4.26. The first kappa shape index (κ1) is 15.4. The number of aromatic nitrogens is 2. The number of rotatable bonds is 4. The van der Waals surface area contributed by atoms with E-state index in [1.54, 1.807) is 38.5 Å². The number of aromatic amines is 1. The number of hydrogen-bond donors (Lipinski definition) is 4. The predicted molar refractivity (Wildman–Crippen MR) is 82.3 cm³/mol. The van der Waals surface area contributed by atoms with Crippen LogP contribution in [0.2, 0.25) is 0 Å². The summed E-state index contributed by atoms with van der Waals surface area (Å²) in [6.45, 7) is 3.50. The largest absolute Gasteiger partial charge is 0.390 e. The second-order valence-corrected chi connectivity index (χ2v) is 6.27. The number of nitrogens with zero attached hydrogens (tertiary/aromatic N) is 2. The fourth-order valence-corrected chi connectivity index (χ4v) is 2.36. The van der Waals surface area contributed by atoms with E-state index < -0.39 is 7.60 Å². The molecule has 0 atom stereocenters. The highest BCUT2D eigenvalue weighted by atomic mass is 31.2. The summed E-state index contributed by atoms with van der Waals surface area (Å²) in [4.78, 5) is 29.5. The molecule has 21 heavy (non-hydrogen) atoms. The third-order valence-corrected chi connectivity index (χ3v) is 3.39. The SMILES string of the molecule is CC(C)N=C(Nc1ccc(-c2cnc[nH]2)cc1)P(=O)(O)O. The molecule has 8 heteroatoms. The molecule has 1 heterocycles. The average Bonchev–Trinajstić information content (AvgIpc) is 2.91. The van der Waals surface area contributed by atoms with E-state index in [4.69, 9.17) is 0 Å². The minimum Gasteiger partial charge on any atom is -0.345 e. The maximum absolute atomic E-state index is 11.4. The molecule has 0 bridgehead atoms. The number of imidazole rings is 1. The lowest BCUT2D eigenvalue weighted by molar-refractivity contribution is 0.390. The Morgan fingerprint density at radius 1 is 1.33 bits per heavy atom. The Morgan fingerprint density at radius 2 is 2.00 bits per heavy atom. The van der Waals surface area contributed by atoms with Gasteiger partial charge in [-0.25, -0.2) is 4.98 Å². The molecule has 0 saturated heterocycles. The first-order valence-corrected chi connectivity index (χ1v) is 7.97. The lowest BCUT2D eigenvalue weighted by Gasteiger charge is -2.13. The van der Waals surface area contributed by atoms with E-state index in [0.29, 0.717) is 5.69 Å². The minimum atomic E-state index is -4.43. The van der Waals surface area contributed by atoms with Gasteiger partial charge >= 0.3 is 7.60 Å². The zero-order valence-electron chi connectivity index (χ0n) is 11.7. The summed E-state index contributed by atoms with van der Waals surface area (Å²) in [5.74, 6) is 0. The van der Waals surface area contributed by atoms with Crippen LogP contribution in [0.3, 0.4) is 0 Å². The van der Waals surface area contributed by atoms with Crippen LogP contribution in [0.4, 0.5) is 5.69 Å². The van der Waals surface area contributed by atoms with Crippen LogP contribution in [0.25, 0.3) is 11.3 Å². The van der Waals surface area contributed by atoms with Crippen molar-refractivity contribution in [1.29, 1.82) is 0 Å². The molecule has 0 aliphatic heterocycles. The molecule has 0 amide bonds. The van der Waals surface area contributed by atoms with Crippen molar-refractivity contribution >= 4 is 18.9 Å². The van der Waals surface area contributed by atoms with Gasteiger partial charge in [-0.2, -0.15) is 0 Å². The number of benzene rings is 1. The molecule has 1 aromatic carbocycles. The van der Waals surface area contributed by atoms with Gasteiger partial charge in [0.1, 0.15) is 0 Å². The van der Waals surface area contributed by atoms with Crippen molar-refractivity contribution in [3.05, 3.63) is 36.8 Å². The number of H-pyrrole nitrogens is 1. The van der Waals surface area contributed by atoms with Gasteiger partial charge in [-0.15, -0.1) is 0 Å². The smallest absolute Gasteiger partial charge is 0.345 e. The summed E-state index contributed by atoms with van der Waals surface area (Å²) in [5, 5.41) is 2.68. The third-order valence-electron chi connectivity index (χ3n) is 2.61. The van der Waals surface area contributed by atoms with E-state index in [2.05, 4.69) is 20.3 Å². The zero-order valence-corrected chi connectivity index (χ0v) is 12.6. The van der Waals surface area contributed by atoms with Crippen molar-refractivity contribution < 1.29 is 14.4 Å². The van der Waals surface area contributed by atoms with E-state index in [1.165, 1.54) is 0 Å². The highest BCUT2D eigenvalue weighted by Gasteiger charge is 2.23. The van der Waals surface area contributed by atoms with E-state index >= 15 is 0 Å². The van der Waals surface area contributed by atoms with Crippen LogP contribution in [0, 0.1) is 0 Å². The molecule has 4 N–H and O–H groups in total. The summed E-state index contributed by atoms with van der Waals surface area (Å²) in [6, 6.07) is 6.87. The Hall–Kier alpha value is -1.95. The standard InChI is InChI=1S/C13H17N4O3P/c1-9(2)16-13(21(18,19)20)17-11-5-3-10(4-6-11)12-7-14-8-15-12/h3-9H,1-2H3,(H,14,15)(H,16,17)(H2,18,19,20). The number of nitrogens with one attached hydrogen (secondary N) is 2. The molecule has 112 valence electrons. The Labute approximate surface area is 122 Å². The fraction of sp³-hybridized carbons (Fsp3) is 0.231. The van der Waals surface area contributed by atoms with Gasteiger partial charge in [0, 0.05) is 11.7 Å². The molecule has 0 aliphatic rings. The Kier molecular flexibility index (Phi) is 4.57. The van der Waals surface area contributed by atoms with E-state index in [0.717, 1.165) is 11.3 Å². The van der Waals surface area contributed by atoms with E-state index in [-0.39, 0.29) is 11.6 Å². The summed E-state index contributed by atoms with van der Waals surface area (Å²) < 4.78 is 11.4. The van der Waals surface area contributed by atoms with Crippen molar-refractivity contribution in [3.8, 4) is 11.3 Å². The number of aliphatic imine (C=N–C) groups is 1. The molecule has 0 radical (unpaired) electrons. The van der Waals surface area contributed by atoms with Crippen LogP contribution in [0.15, 0.2) is 41.8 Å². The van der Waals surface area contributed by atoms with Crippen LogP contribution in [-0.2, 0) is 4.57 Å². The van der Waals surface area contributed by atoms with Gasteiger partial charge in [-0.1, -0.05) is 12.1 Å². The molecule has 0 spiro atoms. The highest BCUT2D eigenvalue weighted by molar-refractivity contribution is 7.70. The molecule has 0 unspecified atom stereocenters. The van der Waals surface area contributed by atoms with Crippen LogP contribution in [0.1, 0.15) is 13.8 Å². The molecule has 0 aliphatic carbocycles. The number of hydrogen-bond acceptors (Lipinski definition) is 3. The van der Waals surface area contributed by atoms with Crippen molar-refractivity contribution in [3.63, 3.8) is 0 Å². The first-order chi connectivity index (χ1) is 9.86. The van der Waals surface area contributed by atoms with Gasteiger partial charge in [0.05, 0.1) is 18.2 Å². The molecule has 0 saturated carbocycles. The molecule has 1 aromatic heterocycles. The van der Waals surface area contributed by atoms with Crippen LogP contribution in [-0.4, -0.2) is 31.4 Å². The predicted octanol–water partition coefficient (Wildman–Crippen LogP) is 2.43. The maximum Gasteiger partial charge on any atom is 0.390 e. The fourth-order valence-electron chi connectivity index (χ4n) is 1.70. The topological polar surface area (TPSA) is 111 Å². The van der Waals surface area contributed by atoms with Gasteiger partial charge in [0.2, 0.25) is 5.58 Å². The van der Waals surface area contributed by atoms with Gasteiger partial charge < -0.3 is 20.1 Å². The highest BCUT2D eigenvalue weighted by Crippen LogP contribution is 2.37. The lowest BCUT2D eigenvalue weighted by atomic mass is 10.1. The molecule has 0 fully saturated rings. The van der Waals surface area contributed by atoms with Crippen molar-refractivity contribution in [1.82, 2.24) is 9.97 Å². The van der Waals surface area contributed by atoms with Gasteiger partial charge in [0.15, 0.2) is 0 Å². The normalized spacial score (nSPS) is 12.7. The lowest BCUT2D eigenvalue weighted by Crippen LogP contribution is -2.14. The van der Waals surface area contributed by atoms with Crippen molar-refractivity contribution in [2.75, 3.05) is 5.32 Å². The molecule has 7 nitrogen and oxygen atoms in total. The molecular weight excluding hydrogens is 291 g/mol. The number of amidine groups is 1. The molecule has 2 rings (SSSR count).